The van der Waals surface area contributed by atoms with Gasteiger partial charge in [-0.15, -0.1) is 0 Å². The van der Waals surface area contributed by atoms with Crippen LogP contribution in [0.2, 0.25) is 0 Å². The molecule has 0 aliphatic carbocycles. The number of nitrogens with zero attached hydrogens (tertiary/aromatic N) is 1. The molecule has 0 fully saturated rings. The normalized spacial score (nSPS) is 23.1. The molecule has 0 spiro atoms. The number of esters is 1. The smallest absolute Gasteiger partial charge is 0.342 e. The monoisotopic (exact) mass is 395 g/mol. The Kier molecular flexibility index (Phi) is 3.83. The molecule has 0 saturated heterocycles. The van der Waals surface area contributed by atoms with E-state index in [1.54, 1.807) is 0 Å². The molecule has 30 heavy (non-hydrogen) atoms. The van der Waals surface area contributed by atoms with Crippen LogP contribution in [0.25, 0.3) is 5.70 Å². The zero-order valence-corrected chi connectivity index (χ0v) is 16.8. The van der Waals surface area contributed by atoms with E-state index in [9.17, 15) is 4.79 Å². The molecule has 0 unspecified atom stereocenters. The molecule has 148 valence electrons. The van der Waals surface area contributed by atoms with Gasteiger partial charge in [0.15, 0.2) is 6.17 Å². The SMILES string of the molecule is CCOC(=O)C1=C(c2ccccc2)N2c3ccccc3[C@H]3c4ccccc4[C@H]1[NH2+][C@@H]32. The topological polar surface area (TPSA) is 46.1 Å². The van der Waals surface area contributed by atoms with Crippen LogP contribution < -0.4 is 10.2 Å². The minimum atomic E-state index is -0.228. The highest BCUT2D eigenvalue weighted by Gasteiger charge is 2.55. The fourth-order valence-corrected chi connectivity index (χ4v) is 5.51. The Bertz CT molecular complexity index is 1180. The summed E-state index contributed by atoms with van der Waals surface area (Å²) in [7, 11) is 0. The molecule has 3 aromatic rings. The Morgan fingerprint density at radius 3 is 2.33 bits per heavy atom. The number of carbonyl (C=O) groups is 1. The van der Waals surface area contributed by atoms with Gasteiger partial charge in [-0.1, -0.05) is 72.8 Å². The van der Waals surface area contributed by atoms with Crippen molar-refractivity contribution in [2.75, 3.05) is 11.5 Å². The van der Waals surface area contributed by atoms with Crippen molar-refractivity contribution in [2.24, 2.45) is 0 Å². The molecular formula is C26H23N2O2+. The summed E-state index contributed by atoms with van der Waals surface area (Å²) in [6.07, 6.45) is 0.190. The quantitative estimate of drug-likeness (QED) is 0.690. The number of nitrogens with two attached hydrogens (primary N) is 1. The second-order valence-corrected chi connectivity index (χ2v) is 8.04. The molecule has 2 bridgehead atoms. The number of rotatable bonds is 3. The molecule has 4 heteroatoms. The molecule has 0 radical (unpaired) electrons. The predicted molar refractivity (Wildman–Crippen MR) is 116 cm³/mol. The Balaban J connectivity index is 1.72. The second kappa shape index (κ2) is 6.57. The van der Waals surface area contributed by atoms with Crippen LogP contribution in [-0.2, 0) is 9.53 Å². The molecule has 0 aromatic heterocycles. The van der Waals surface area contributed by atoms with Crippen molar-refractivity contribution in [1.82, 2.24) is 0 Å². The van der Waals surface area contributed by atoms with Crippen LogP contribution in [0.4, 0.5) is 5.69 Å². The number of anilines is 1. The number of hydrogen-bond donors (Lipinski definition) is 1. The molecule has 3 heterocycles. The zero-order valence-electron chi connectivity index (χ0n) is 16.8. The fraction of sp³-hybridized carbons (Fsp3) is 0.192. The molecule has 0 saturated carbocycles. The molecule has 3 atom stereocenters. The second-order valence-electron chi connectivity index (χ2n) is 8.04. The highest BCUT2D eigenvalue weighted by Crippen LogP contribution is 2.53. The molecule has 0 amide bonds. The van der Waals surface area contributed by atoms with Gasteiger partial charge in [0.2, 0.25) is 0 Å². The number of para-hydroxylation sites is 1. The van der Waals surface area contributed by atoms with Gasteiger partial charge in [-0.05, 0) is 29.7 Å². The first kappa shape index (κ1) is 17.5. The number of benzene rings is 3. The highest BCUT2D eigenvalue weighted by atomic mass is 16.5. The van der Waals surface area contributed by atoms with Crippen LogP contribution in [0.1, 0.15) is 41.1 Å². The summed E-state index contributed by atoms with van der Waals surface area (Å²) < 4.78 is 5.59. The van der Waals surface area contributed by atoms with Crippen LogP contribution in [0.15, 0.2) is 84.4 Å². The van der Waals surface area contributed by atoms with Crippen LogP contribution in [0.5, 0.6) is 0 Å². The standard InChI is InChI=1S/C26H22N2O2/c1-2-30-26(29)22-23-18-13-7-6-12-17(18)21-19-14-8-9-15-20(19)28(25(21)27-23)24(22)16-10-4-3-5-11-16/h3-15,21,23,25,27H,2H2,1H3/p+1/t21-,23-,25-/m1/s1. The average Bonchev–Trinajstić information content (AvgIpc) is 3.15. The lowest BCUT2D eigenvalue weighted by Crippen LogP contribution is -2.97. The van der Waals surface area contributed by atoms with Crippen LogP contribution in [0.3, 0.4) is 0 Å². The first-order chi connectivity index (χ1) is 14.8. The molecular weight excluding hydrogens is 372 g/mol. The summed E-state index contributed by atoms with van der Waals surface area (Å²) in [5, 5.41) is 2.35. The van der Waals surface area contributed by atoms with Crippen molar-refractivity contribution in [3.8, 4) is 0 Å². The molecule has 6 rings (SSSR count). The minimum absolute atomic E-state index is 0.0673. The number of carbonyl (C=O) groups excluding carboxylic acids is 1. The Labute approximate surface area is 175 Å². The lowest BCUT2D eigenvalue weighted by Gasteiger charge is -2.43. The van der Waals surface area contributed by atoms with E-state index in [0.717, 1.165) is 16.8 Å². The molecule has 3 aromatic carbocycles. The van der Waals surface area contributed by atoms with Gasteiger partial charge < -0.3 is 10.1 Å². The Hall–Kier alpha value is -3.37. The maximum atomic E-state index is 13.4. The number of ether oxygens (including phenoxy) is 1. The number of hydrogen-bond acceptors (Lipinski definition) is 3. The van der Waals surface area contributed by atoms with Gasteiger partial charge in [-0.2, -0.15) is 0 Å². The molecule has 2 N–H and O–H groups in total. The van der Waals surface area contributed by atoms with E-state index in [1.807, 2.05) is 25.1 Å². The molecule has 3 aliphatic heterocycles. The summed E-state index contributed by atoms with van der Waals surface area (Å²) in [6.45, 7) is 2.23. The van der Waals surface area contributed by atoms with Crippen molar-refractivity contribution in [1.29, 1.82) is 0 Å². The van der Waals surface area contributed by atoms with Crippen LogP contribution in [0, 0.1) is 0 Å². The van der Waals surface area contributed by atoms with Crippen molar-refractivity contribution in [3.05, 3.63) is 107 Å². The first-order valence-electron chi connectivity index (χ1n) is 10.6. The lowest BCUT2D eigenvalue weighted by molar-refractivity contribution is -0.724. The minimum Gasteiger partial charge on any atom is -0.462 e. The van der Waals surface area contributed by atoms with Crippen molar-refractivity contribution in [2.45, 2.75) is 25.0 Å². The van der Waals surface area contributed by atoms with Gasteiger partial charge in [0.05, 0.1) is 23.9 Å². The average molecular weight is 395 g/mol. The maximum Gasteiger partial charge on any atom is 0.342 e. The van der Waals surface area contributed by atoms with Crippen molar-refractivity contribution in [3.63, 3.8) is 0 Å². The van der Waals surface area contributed by atoms with Gasteiger partial charge in [0.25, 0.3) is 0 Å². The first-order valence-corrected chi connectivity index (χ1v) is 10.6. The van der Waals surface area contributed by atoms with Crippen LogP contribution in [-0.4, -0.2) is 18.7 Å². The third-order valence-corrected chi connectivity index (χ3v) is 6.58. The summed E-state index contributed by atoms with van der Waals surface area (Å²) in [4.78, 5) is 15.7. The van der Waals surface area contributed by atoms with E-state index < -0.39 is 0 Å². The van der Waals surface area contributed by atoms with Crippen LogP contribution >= 0.6 is 0 Å². The summed E-state index contributed by atoms with van der Waals surface area (Å²) >= 11 is 0. The van der Waals surface area contributed by atoms with E-state index in [1.165, 1.54) is 22.4 Å². The molecule has 3 aliphatic rings. The fourth-order valence-electron chi connectivity index (χ4n) is 5.51. The van der Waals surface area contributed by atoms with Crippen molar-refractivity contribution >= 4 is 17.4 Å². The summed E-state index contributed by atoms with van der Waals surface area (Å²) in [5.41, 5.74) is 7.81. The highest BCUT2D eigenvalue weighted by molar-refractivity contribution is 6.04. The molecule has 4 nitrogen and oxygen atoms in total. The largest absolute Gasteiger partial charge is 0.462 e. The summed E-state index contributed by atoms with van der Waals surface area (Å²) in [6, 6.07) is 27.4. The van der Waals surface area contributed by atoms with E-state index in [4.69, 9.17) is 4.74 Å². The predicted octanol–water partition coefficient (Wildman–Crippen LogP) is 3.57. The van der Waals surface area contributed by atoms with Gasteiger partial charge in [0.1, 0.15) is 11.6 Å². The van der Waals surface area contributed by atoms with Gasteiger partial charge >= 0.3 is 5.97 Å². The zero-order chi connectivity index (χ0) is 20.2. The third kappa shape index (κ3) is 2.28. The van der Waals surface area contributed by atoms with Crippen molar-refractivity contribution < 1.29 is 14.8 Å². The van der Waals surface area contributed by atoms with E-state index in [2.05, 4.69) is 70.9 Å². The van der Waals surface area contributed by atoms with E-state index in [-0.39, 0.29) is 24.1 Å². The van der Waals surface area contributed by atoms with E-state index in [0.29, 0.717) is 6.61 Å². The maximum absolute atomic E-state index is 13.4. The van der Waals surface area contributed by atoms with Gasteiger partial charge in [-0.25, -0.2) is 4.79 Å². The lowest BCUT2D eigenvalue weighted by atomic mass is 9.78. The summed E-state index contributed by atoms with van der Waals surface area (Å²) in [5.74, 6) is 0.0461. The van der Waals surface area contributed by atoms with E-state index >= 15 is 0 Å². The van der Waals surface area contributed by atoms with Gasteiger partial charge in [0, 0.05) is 5.56 Å². The third-order valence-electron chi connectivity index (χ3n) is 6.58. The number of fused-ring (bicyclic) bond motifs is 7. The Morgan fingerprint density at radius 1 is 0.900 bits per heavy atom. The Morgan fingerprint density at radius 2 is 1.57 bits per heavy atom. The van der Waals surface area contributed by atoms with Gasteiger partial charge in [-0.3, -0.25) is 4.90 Å². The number of quaternary nitrogens is 1.